The largest absolute Gasteiger partial charge is 0.497 e. The predicted octanol–water partition coefficient (Wildman–Crippen LogP) is 2.44. The molecule has 0 unspecified atom stereocenters. The van der Waals surface area contributed by atoms with Gasteiger partial charge in [0.05, 0.1) is 13.7 Å². The minimum absolute atomic E-state index is 0.570. The second-order valence-corrected chi connectivity index (χ2v) is 4.64. The first-order chi connectivity index (χ1) is 8.69. The summed E-state index contributed by atoms with van der Waals surface area (Å²) in [6.07, 6.45) is 0. The van der Waals surface area contributed by atoms with Crippen LogP contribution in [0.2, 0.25) is 0 Å². The van der Waals surface area contributed by atoms with Gasteiger partial charge in [-0.1, -0.05) is 21.1 Å². The molecule has 1 N–H and O–H groups in total. The molecule has 0 saturated heterocycles. The van der Waals surface area contributed by atoms with Crippen LogP contribution in [0.3, 0.4) is 0 Å². The van der Waals surface area contributed by atoms with E-state index in [4.69, 9.17) is 9.26 Å². The van der Waals surface area contributed by atoms with Crippen molar-refractivity contribution in [3.05, 3.63) is 40.0 Å². The molecule has 96 valence electrons. The Morgan fingerprint density at radius 3 is 2.89 bits per heavy atom. The van der Waals surface area contributed by atoms with Crippen molar-refractivity contribution in [1.29, 1.82) is 0 Å². The van der Waals surface area contributed by atoms with Crippen molar-refractivity contribution in [1.82, 2.24) is 15.5 Å². The molecular formula is C12H14BrN3O2. The lowest BCUT2D eigenvalue weighted by molar-refractivity contribution is 0.385. The van der Waals surface area contributed by atoms with Gasteiger partial charge in [-0.05, 0) is 23.8 Å². The number of rotatable bonds is 5. The topological polar surface area (TPSA) is 60.2 Å². The van der Waals surface area contributed by atoms with E-state index >= 15 is 0 Å². The van der Waals surface area contributed by atoms with Crippen molar-refractivity contribution in [3.8, 4) is 5.75 Å². The monoisotopic (exact) mass is 311 g/mol. The summed E-state index contributed by atoms with van der Waals surface area (Å²) in [5.41, 5.74) is 1.12. The Hall–Kier alpha value is -1.40. The molecule has 0 aliphatic heterocycles. The summed E-state index contributed by atoms with van der Waals surface area (Å²) in [5.74, 6) is 2.08. The van der Waals surface area contributed by atoms with Crippen molar-refractivity contribution in [3.63, 3.8) is 0 Å². The van der Waals surface area contributed by atoms with Gasteiger partial charge in [-0.15, -0.1) is 0 Å². The number of benzene rings is 1. The number of aryl methyl sites for hydroxylation is 1. The molecule has 18 heavy (non-hydrogen) atoms. The van der Waals surface area contributed by atoms with Crippen LogP contribution in [0.4, 0.5) is 0 Å². The van der Waals surface area contributed by atoms with Crippen LogP contribution in [0, 0.1) is 6.92 Å². The molecule has 1 aromatic carbocycles. The number of nitrogens with one attached hydrogen (secondary N) is 1. The van der Waals surface area contributed by atoms with Crippen LogP contribution in [-0.2, 0) is 13.1 Å². The lowest BCUT2D eigenvalue weighted by atomic mass is 10.2. The first-order valence-corrected chi connectivity index (χ1v) is 6.30. The van der Waals surface area contributed by atoms with Crippen LogP contribution in [0.15, 0.2) is 27.2 Å². The number of methoxy groups -OCH3 is 1. The molecule has 0 spiro atoms. The SMILES string of the molecule is COc1ccc(Br)c(CNCc2noc(C)n2)c1. The summed E-state index contributed by atoms with van der Waals surface area (Å²) in [5, 5.41) is 7.07. The third-order valence-electron chi connectivity index (χ3n) is 2.42. The Morgan fingerprint density at radius 1 is 1.39 bits per heavy atom. The fraction of sp³-hybridized carbons (Fsp3) is 0.333. The fourth-order valence-electron chi connectivity index (χ4n) is 1.54. The fourth-order valence-corrected chi connectivity index (χ4v) is 1.92. The highest BCUT2D eigenvalue weighted by Crippen LogP contribution is 2.22. The van der Waals surface area contributed by atoms with Gasteiger partial charge in [0, 0.05) is 17.9 Å². The van der Waals surface area contributed by atoms with E-state index in [1.54, 1.807) is 14.0 Å². The van der Waals surface area contributed by atoms with Crippen molar-refractivity contribution in [2.24, 2.45) is 0 Å². The smallest absolute Gasteiger partial charge is 0.223 e. The number of halogens is 1. The average molecular weight is 312 g/mol. The Bertz CT molecular complexity index is 528. The van der Waals surface area contributed by atoms with E-state index in [9.17, 15) is 0 Å². The molecular weight excluding hydrogens is 298 g/mol. The zero-order chi connectivity index (χ0) is 13.0. The Labute approximate surface area is 114 Å². The molecule has 0 atom stereocenters. The predicted molar refractivity (Wildman–Crippen MR) is 70.3 cm³/mol. The minimum Gasteiger partial charge on any atom is -0.497 e. The molecule has 0 radical (unpaired) electrons. The van der Waals surface area contributed by atoms with Gasteiger partial charge in [0.25, 0.3) is 0 Å². The lowest BCUT2D eigenvalue weighted by Gasteiger charge is -2.07. The summed E-state index contributed by atoms with van der Waals surface area (Å²) in [6, 6.07) is 5.86. The normalized spacial score (nSPS) is 10.6. The van der Waals surface area contributed by atoms with Crippen LogP contribution < -0.4 is 10.1 Å². The number of ether oxygens (including phenoxy) is 1. The Morgan fingerprint density at radius 2 is 2.22 bits per heavy atom. The summed E-state index contributed by atoms with van der Waals surface area (Å²) in [6.45, 7) is 3.04. The lowest BCUT2D eigenvalue weighted by Crippen LogP contribution is -2.14. The third kappa shape index (κ3) is 3.30. The third-order valence-corrected chi connectivity index (χ3v) is 3.19. The zero-order valence-corrected chi connectivity index (χ0v) is 11.8. The van der Waals surface area contributed by atoms with Crippen molar-refractivity contribution < 1.29 is 9.26 Å². The summed E-state index contributed by atoms with van der Waals surface area (Å²) in [4.78, 5) is 4.12. The molecule has 0 bridgehead atoms. The van der Waals surface area contributed by atoms with Gasteiger partial charge in [0.1, 0.15) is 5.75 Å². The second-order valence-electron chi connectivity index (χ2n) is 3.79. The zero-order valence-electron chi connectivity index (χ0n) is 10.2. The van der Waals surface area contributed by atoms with Gasteiger partial charge in [0.15, 0.2) is 5.82 Å². The highest BCUT2D eigenvalue weighted by atomic mass is 79.9. The Balaban J connectivity index is 1.93. The van der Waals surface area contributed by atoms with E-state index in [2.05, 4.69) is 31.4 Å². The van der Waals surface area contributed by atoms with E-state index in [1.165, 1.54) is 0 Å². The number of hydrogen-bond acceptors (Lipinski definition) is 5. The van der Waals surface area contributed by atoms with Gasteiger partial charge in [-0.25, -0.2) is 0 Å². The maximum atomic E-state index is 5.19. The quantitative estimate of drug-likeness (QED) is 0.919. The van der Waals surface area contributed by atoms with Crippen molar-refractivity contribution in [2.75, 3.05) is 7.11 Å². The standard InChI is InChI=1S/C12H14BrN3O2/c1-8-15-12(16-18-8)7-14-6-9-5-10(17-2)3-4-11(9)13/h3-5,14H,6-7H2,1-2H3. The van der Waals surface area contributed by atoms with Crippen LogP contribution in [0.1, 0.15) is 17.3 Å². The maximum Gasteiger partial charge on any atom is 0.223 e. The first-order valence-electron chi connectivity index (χ1n) is 5.51. The first kappa shape index (κ1) is 13.0. The van der Waals surface area contributed by atoms with E-state index in [1.807, 2.05) is 18.2 Å². The number of aromatic nitrogens is 2. The van der Waals surface area contributed by atoms with Crippen LogP contribution in [-0.4, -0.2) is 17.3 Å². The molecule has 0 aliphatic rings. The molecule has 0 fully saturated rings. The number of hydrogen-bond donors (Lipinski definition) is 1. The van der Waals surface area contributed by atoms with Crippen molar-refractivity contribution in [2.45, 2.75) is 20.0 Å². The molecule has 0 saturated carbocycles. The highest BCUT2D eigenvalue weighted by molar-refractivity contribution is 9.10. The summed E-state index contributed by atoms with van der Waals surface area (Å²) in [7, 11) is 1.66. The highest BCUT2D eigenvalue weighted by Gasteiger charge is 2.04. The van der Waals surface area contributed by atoms with Gasteiger partial charge >= 0.3 is 0 Å². The molecule has 6 heteroatoms. The summed E-state index contributed by atoms with van der Waals surface area (Å²) < 4.78 is 11.1. The molecule has 1 heterocycles. The molecule has 5 nitrogen and oxygen atoms in total. The van der Waals surface area contributed by atoms with Gasteiger partial charge < -0.3 is 14.6 Å². The van der Waals surface area contributed by atoms with Crippen molar-refractivity contribution >= 4 is 15.9 Å². The van der Waals surface area contributed by atoms with E-state index in [0.717, 1.165) is 15.8 Å². The number of nitrogens with zero attached hydrogens (tertiary/aromatic N) is 2. The summed E-state index contributed by atoms with van der Waals surface area (Å²) >= 11 is 3.50. The van der Waals surface area contributed by atoms with E-state index < -0.39 is 0 Å². The minimum atomic E-state index is 0.570. The second kappa shape index (κ2) is 5.97. The van der Waals surface area contributed by atoms with Gasteiger partial charge in [0.2, 0.25) is 5.89 Å². The van der Waals surface area contributed by atoms with Crippen LogP contribution in [0.5, 0.6) is 5.75 Å². The Kier molecular flexibility index (Phi) is 4.33. The van der Waals surface area contributed by atoms with Gasteiger partial charge in [-0.2, -0.15) is 4.98 Å². The van der Waals surface area contributed by atoms with Crippen LogP contribution >= 0.6 is 15.9 Å². The molecule has 1 aromatic heterocycles. The molecule has 2 rings (SSSR count). The average Bonchev–Trinajstić information content (AvgIpc) is 2.77. The van der Waals surface area contributed by atoms with E-state index in [-0.39, 0.29) is 0 Å². The molecule has 0 amide bonds. The maximum absolute atomic E-state index is 5.19. The molecule has 2 aromatic rings. The van der Waals surface area contributed by atoms with Crippen LogP contribution in [0.25, 0.3) is 0 Å². The van der Waals surface area contributed by atoms with Gasteiger partial charge in [-0.3, -0.25) is 0 Å². The van der Waals surface area contributed by atoms with E-state index in [0.29, 0.717) is 24.8 Å². The molecule has 0 aliphatic carbocycles.